The van der Waals surface area contributed by atoms with Crippen molar-refractivity contribution in [1.29, 1.82) is 0 Å². The molecule has 2 rings (SSSR count). The Labute approximate surface area is 128 Å². The van der Waals surface area contributed by atoms with Crippen LogP contribution in [-0.4, -0.2) is 55.0 Å². The van der Waals surface area contributed by atoms with Crippen molar-refractivity contribution in [2.24, 2.45) is 0 Å². The molecule has 0 aromatic heterocycles. The molecule has 1 atom stereocenters. The minimum atomic E-state index is 0.234. The smallest absolute Gasteiger partial charge is 0.237 e. The average molecular weight is 289 g/mol. The van der Waals surface area contributed by atoms with Gasteiger partial charge in [0.05, 0.1) is 6.54 Å². The molecule has 1 N–H and O–H groups in total. The monoisotopic (exact) mass is 289 g/mol. The van der Waals surface area contributed by atoms with Gasteiger partial charge in [-0.05, 0) is 38.9 Å². The molecule has 1 heterocycles. The van der Waals surface area contributed by atoms with Crippen LogP contribution in [0.4, 0.5) is 0 Å². The van der Waals surface area contributed by atoms with Crippen molar-refractivity contribution in [2.45, 2.75) is 32.4 Å². The number of carbonyl (C=O) groups excluding carboxylic acids is 1. The Morgan fingerprint density at radius 3 is 2.81 bits per heavy atom. The molecule has 1 aromatic rings. The number of benzene rings is 1. The molecule has 1 aliphatic heterocycles. The third-order valence-corrected chi connectivity index (χ3v) is 4.22. The first-order valence-electron chi connectivity index (χ1n) is 7.94. The van der Waals surface area contributed by atoms with Crippen molar-refractivity contribution in [1.82, 2.24) is 15.1 Å². The number of hydrogen-bond acceptors (Lipinski definition) is 3. The summed E-state index contributed by atoms with van der Waals surface area (Å²) in [7, 11) is 2.00. The van der Waals surface area contributed by atoms with E-state index in [0.29, 0.717) is 19.1 Å². The largest absolute Gasteiger partial charge is 0.338 e. The Morgan fingerprint density at radius 1 is 1.38 bits per heavy atom. The second-order valence-electron chi connectivity index (χ2n) is 5.76. The lowest BCUT2D eigenvalue weighted by atomic mass is 10.1. The highest BCUT2D eigenvalue weighted by atomic mass is 16.2. The molecule has 1 unspecified atom stereocenters. The first-order valence-corrected chi connectivity index (χ1v) is 7.94. The second kappa shape index (κ2) is 8.15. The van der Waals surface area contributed by atoms with E-state index < -0.39 is 0 Å². The first-order chi connectivity index (χ1) is 10.2. The summed E-state index contributed by atoms with van der Waals surface area (Å²) in [5.74, 6) is 0.234. The number of piperidine rings is 1. The maximum Gasteiger partial charge on any atom is 0.237 e. The number of nitrogens with one attached hydrogen (secondary N) is 1. The maximum absolute atomic E-state index is 12.5. The van der Waals surface area contributed by atoms with Crippen molar-refractivity contribution < 1.29 is 4.79 Å². The van der Waals surface area contributed by atoms with E-state index in [-0.39, 0.29) is 5.91 Å². The van der Waals surface area contributed by atoms with E-state index in [1.165, 1.54) is 18.4 Å². The van der Waals surface area contributed by atoms with Crippen LogP contribution in [0.1, 0.15) is 25.3 Å². The van der Waals surface area contributed by atoms with Crippen LogP contribution in [-0.2, 0) is 11.3 Å². The van der Waals surface area contributed by atoms with Crippen LogP contribution in [0.3, 0.4) is 0 Å². The molecule has 1 aromatic carbocycles. The van der Waals surface area contributed by atoms with Gasteiger partial charge in [-0.2, -0.15) is 0 Å². The summed E-state index contributed by atoms with van der Waals surface area (Å²) in [6.45, 7) is 6.07. The molecule has 1 saturated heterocycles. The molecule has 4 heteroatoms. The summed E-state index contributed by atoms with van der Waals surface area (Å²) < 4.78 is 0. The Morgan fingerprint density at radius 2 is 2.14 bits per heavy atom. The van der Waals surface area contributed by atoms with Gasteiger partial charge in [-0.1, -0.05) is 30.3 Å². The van der Waals surface area contributed by atoms with E-state index in [0.717, 1.165) is 19.6 Å². The molecule has 116 valence electrons. The third-order valence-electron chi connectivity index (χ3n) is 4.22. The molecule has 1 fully saturated rings. The van der Waals surface area contributed by atoms with Crippen molar-refractivity contribution >= 4 is 5.91 Å². The average Bonchev–Trinajstić information content (AvgIpc) is 2.53. The molecular weight excluding hydrogens is 262 g/mol. The fourth-order valence-electron chi connectivity index (χ4n) is 2.91. The van der Waals surface area contributed by atoms with Gasteiger partial charge in [-0.3, -0.25) is 9.69 Å². The van der Waals surface area contributed by atoms with E-state index in [9.17, 15) is 4.79 Å². The number of carbonyl (C=O) groups is 1. The molecule has 4 nitrogen and oxygen atoms in total. The van der Waals surface area contributed by atoms with Gasteiger partial charge in [0.15, 0.2) is 0 Å². The van der Waals surface area contributed by atoms with E-state index in [2.05, 4.69) is 22.3 Å². The lowest BCUT2D eigenvalue weighted by Gasteiger charge is -2.33. The van der Waals surface area contributed by atoms with E-state index in [4.69, 9.17) is 0 Å². The van der Waals surface area contributed by atoms with Crippen molar-refractivity contribution in [3.63, 3.8) is 0 Å². The summed E-state index contributed by atoms with van der Waals surface area (Å²) in [5, 5.41) is 3.32. The molecule has 0 saturated carbocycles. The molecule has 0 radical (unpaired) electrons. The highest BCUT2D eigenvalue weighted by Gasteiger charge is 2.22. The number of rotatable bonds is 6. The van der Waals surface area contributed by atoms with Gasteiger partial charge in [0.1, 0.15) is 0 Å². The molecule has 1 aliphatic rings. The van der Waals surface area contributed by atoms with Gasteiger partial charge < -0.3 is 10.2 Å². The first kappa shape index (κ1) is 16.0. The molecular formula is C17H27N3O. The fraction of sp³-hybridized carbons (Fsp3) is 0.588. The SMILES string of the molecule is CCN(Cc1ccccc1)C(=O)CN1CCCC(NC)C1. The Hall–Kier alpha value is -1.39. The molecule has 21 heavy (non-hydrogen) atoms. The fourth-order valence-corrected chi connectivity index (χ4v) is 2.91. The van der Waals surface area contributed by atoms with Crippen LogP contribution >= 0.6 is 0 Å². The Kier molecular flexibility index (Phi) is 6.21. The highest BCUT2D eigenvalue weighted by molar-refractivity contribution is 5.78. The molecule has 0 bridgehead atoms. The summed E-state index contributed by atoms with van der Waals surface area (Å²) in [6.07, 6.45) is 2.38. The van der Waals surface area contributed by atoms with Crippen molar-refractivity contribution in [3.8, 4) is 0 Å². The van der Waals surface area contributed by atoms with Crippen LogP contribution < -0.4 is 5.32 Å². The van der Waals surface area contributed by atoms with Gasteiger partial charge in [-0.15, -0.1) is 0 Å². The molecule has 0 aliphatic carbocycles. The van der Waals surface area contributed by atoms with Gasteiger partial charge in [0, 0.05) is 25.7 Å². The Balaban J connectivity index is 1.88. The van der Waals surface area contributed by atoms with Crippen LogP contribution in [0.5, 0.6) is 0 Å². The van der Waals surface area contributed by atoms with Crippen LogP contribution in [0.25, 0.3) is 0 Å². The standard InChI is InChI=1S/C17H27N3O/c1-3-20(12-15-8-5-4-6-9-15)17(21)14-19-11-7-10-16(13-19)18-2/h4-6,8-9,16,18H,3,7,10-14H2,1-2H3. The van der Waals surface area contributed by atoms with E-state index >= 15 is 0 Å². The quantitative estimate of drug-likeness (QED) is 0.866. The topological polar surface area (TPSA) is 35.6 Å². The number of likely N-dealkylation sites (N-methyl/N-ethyl adjacent to an activating group) is 2. The van der Waals surface area contributed by atoms with Crippen LogP contribution in [0.2, 0.25) is 0 Å². The molecule has 0 spiro atoms. The Bertz CT molecular complexity index is 435. The van der Waals surface area contributed by atoms with E-state index in [1.807, 2.05) is 37.1 Å². The summed E-state index contributed by atoms with van der Waals surface area (Å²) >= 11 is 0. The van der Waals surface area contributed by atoms with Crippen LogP contribution in [0, 0.1) is 0 Å². The second-order valence-corrected chi connectivity index (χ2v) is 5.76. The maximum atomic E-state index is 12.5. The third kappa shape index (κ3) is 4.83. The van der Waals surface area contributed by atoms with E-state index in [1.54, 1.807) is 0 Å². The minimum Gasteiger partial charge on any atom is -0.338 e. The lowest BCUT2D eigenvalue weighted by molar-refractivity contribution is -0.133. The zero-order valence-corrected chi connectivity index (χ0v) is 13.2. The zero-order valence-electron chi connectivity index (χ0n) is 13.2. The van der Waals surface area contributed by atoms with Gasteiger partial charge >= 0.3 is 0 Å². The lowest BCUT2D eigenvalue weighted by Crippen LogP contribution is -2.48. The van der Waals surface area contributed by atoms with Crippen LogP contribution in [0.15, 0.2) is 30.3 Å². The zero-order chi connectivity index (χ0) is 15.1. The molecule has 1 amide bonds. The predicted molar refractivity (Wildman–Crippen MR) is 86.1 cm³/mol. The number of nitrogens with zero attached hydrogens (tertiary/aromatic N) is 2. The summed E-state index contributed by atoms with van der Waals surface area (Å²) in [4.78, 5) is 16.7. The highest BCUT2D eigenvalue weighted by Crippen LogP contribution is 2.11. The summed E-state index contributed by atoms with van der Waals surface area (Å²) in [6, 6.07) is 10.7. The normalized spacial score (nSPS) is 19.4. The number of hydrogen-bond donors (Lipinski definition) is 1. The number of likely N-dealkylation sites (tertiary alicyclic amines) is 1. The van der Waals surface area contributed by atoms with Gasteiger partial charge in [0.25, 0.3) is 0 Å². The number of amides is 1. The van der Waals surface area contributed by atoms with Crippen molar-refractivity contribution in [2.75, 3.05) is 33.2 Å². The van der Waals surface area contributed by atoms with Gasteiger partial charge in [0.2, 0.25) is 5.91 Å². The van der Waals surface area contributed by atoms with Crippen molar-refractivity contribution in [3.05, 3.63) is 35.9 Å². The van der Waals surface area contributed by atoms with Gasteiger partial charge in [-0.25, -0.2) is 0 Å². The predicted octanol–water partition coefficient (Wildman–Crippen LogP) is 1.72. The summed E-state index contributed by atoms with van der Waals surface area (Å²) in [5.41, 5.74) is 1.19. The minimum absolute atomic E-state index is 0.234.